The third-order valence-electron chi connectivity index (χ3n) is 4.82. The molecule has 0 saturated carbocycles. The summed E-state index contributed by atoms with van der Waals surface area (Å²) in [5.74, 6) is -0.553. The van der Waals surface area contributed by atoms with Crippen molar-refractivity contribution >= 4 is 17.4 Å². The molecule has 2 aromatic heterocycles. The second kappa shape index (κ2) is 12.4. The van der Waals surface area contributed by atoms with Crippen LogP contribution >= 0.6 is 0 Å². The molecule has 0 spiro atoms. The number of rotatable bonds is 6. The average Bonchev–Trinajstić information content (AvgIpc) is 3.28. The zero-order valence-electron chi connectivity index (χ0n) is 18.7. The fraction of sp³-hybridized carbons (Fsp3) is 0.160. The number of methoxy groups -OCH3 is 1. The third-order valence-corrected chi connectivity index (χ3v) is 4.82. The molecule has 0 aliphatic carbocycles. The maximum atomic E-state index is 15.4. The molecule has 0 amide bonds. The molecule has 166 valence electrons. The second-order valence-electron chi connectivity index (χ2n) is 6.76. The zero-order chi connectivity index (χ0) is 23.1. The van der Waals surface area contributed by atoms with Gasteiger partial charge in [-0.05, 0) is 36.0 Å². The van der Waals surface area contributed by atoms with Crippen molar-refractivity contribution < 1.29 is 57.0 Å². The number of benzene rings is 2. The van der Waals surface area contributed by atoms with E-state index in [1.165, 1.54) is 25.6 Å². The number of hydrogen-bond acceptors (Lipinski definition) is 5. The van der Waals surface area contributed by atoms with E-state index in [0.717, 1.165) is 12.0 Å². The Hall–Kier alpha value is -2.87. The van der Waals surface area contributed by atoms with Crippen LogP contribution in [0.4, 0.5) is 8.78 Å². The maximum Gasteiger partial charge on any atom is 1.00 e. The van der Waals surface area contributed by atoms with Crippen LogP contribution in [0.3, 0.4) is 0 Å². The van der Waals surface area contributed by atoms with Gasteiger partial charge in [-0.25, -0.2) is 11.3 Å². The van der Waals surface area contributed by atoms with E-state index in [1.807, 2.05) is 31.2 Å². The van der Waals surface area contributed by atoms with Crippen LogP contribution in [-0.2, 0) is 22.6 Å². The molecule has 0 N–H and O–H groups in total. The van der Waals surface area contributed by atoms with Crippen molar-refractivity contribution in [3.05, 3.63) is 90.3 Å². The zero-order valence-corrected chi connectivity index (χ0v) is 20.7. The van der Waals surface area contributed by atoms with E-state index in [0.29, 0.717) is 23.2 Å². The van der Waals surface area contributed by atoms with Crippen molar-refractivity contribution in [3.63, 3.8) is 0 Å². The van der Waals surface area contributed by atoms with Gasteiger partial charge in [0.05, 0.1) is 13.4 Å². The summed E-state index contributed by atoms with van der Waals surface area (Å²) in [6.45, 7) is 5.98. The van der Waals surface area contributed by atoms with Crippen molar-refractivity contribution in [3.8, 4) is 16.9 Å². The number of furan rings is 1. The predicted molar refractivity (Wildman–Crippen MR) is 117 cm³/mol. The van der Waals surface area contributed by atoms with Crippen molar-refractivity contribution in [1.29, 1.82) is 0 Å². The Kier molecular flexibility index (Phi) is 9.91. The molecule has 4 rings (SSSR count). The minimum absolute atomic E-state index is 0. The molecular weight excluding hydrogens is 439 g/mol. The van der Waals surface area contributed by atoms with Crippen molar-refractivity contribution in [2.45, 2.75) is 20.0 Å². The van der Waals surface area contributed by atoms with Gasteiger partial charge < -0.3 is 18.3 Å². The van der Waals surface area contributed by atoms with E-state index in [2.05, 4.69) is 16.6 Å². The fourth-order valence-corrected chi connectivity index (χ4v) is 3.27. The first-order chi connectivity index (χ1) is 15.5. The Bertz CT molecular complexity index is 1230. The minimum atomic E-state index is -0.673. The summed E-state index contributed by atoms with van der Waals surface area (Å²) in [5.41, 5.74) is 1.70. The van der Waals surface area contributed by atoms with E-state index in [4.69, 9.17) is 13.9 Å². The molecule has 0 fully saturated rings. The van der Waals surface area contributed by atoms with E-state index in [9.17, 15) is 4.39 Å². The third kappa shape index (κ3) is 5.93. The Morgan fingerprint density at radius 3 is 2.55 bits per heavy atom. The molecule has 8 heteroatoms. The van der Waals surface area contributed by atoms with Gasteiger partial charge in [0.15, 0.2) is 0 Å². The molecule has 0 radical (unpaired) electrons. The first-order valence-corrected chi connectivity index (χ1v) is 9.84. The summed E-state index contributed by atoms with van der Waals surface area (Å²) in [5, 5.41) is 0.667. The normalized spacial score (nSPS) is 10.1. The van der Waals surface area contributed by atoms with Crippen LogP contribution in [0.2, 0.25) is 0 Å². The number of carbonyl (C=O) groups excluding carboxylic acids is 1. The quantitative estimate of drug-likeness (QED) is 0.251. The molecule has 33 heavy (non-hydrogen) atoms. The van der Waals surface area contributed by atoms with Crippen LogP contribution in [0.5, 0.6) is 5.75 Å². The van der Waals surface area contributed by atoms with Crippen molar-refractivity contribution in [1.82, 2.24) is 4.98 Å². The topological polar surface area (TPSA) is 61.6 Å². The van der Waals surface area contributed by atoms with Crippen LogP contribution < -0.4 is 34.3 Å². The van der Waals surface area contributed by atoms with E-state index >= 15 is 4.39 Å². The van der Waals surface area contributed by atoms with E-state index < -0.39 is 11.6 Å². The number of pyridine rings is 1. The minimum Gasteiger partial charge on any atom is -0.489 e. The molecule has 0 aliphatic rings. The first-order valence-electron chi connectivity index (χ1n) is 9.84. The number of hydrogen-bond donors (Lipinski definition) is 0. The molecule has 0 unspecified atom stereocenters. The molecule has 4 aromatic rings. The molecule has 0 saturated heterocycles. The molecule has 2 heterocycles. The first kappa shape index (κ1) is 26.4. The number of halogens is 2. The van der Waals surface area contributed by atoms with Gasteiger partial charge in [-0.2, -0.15) is 0 Å². The Morgan fingerprint density at radius 2 is 1.85 bits per heavy atom. The van der Waals surface area contributed by atoms with Gasteiger partial charge in [0, 0.05) is 22.7 Å². The van der Waals surface area contributed by atoms with Crippen molar-refractivity contribution in [2.75, 3.05) is 7.11 Å². The van der Waals surface area contributed by atoms with Gasteiger partial charge in [-0.3, -0.25) is 9.78 Å². The van der Waals surface area contributed by atoms with Crippen LogP contribution in [-0.4, -0.2) is 18.6 Å². The molecule has 5 nitrogen and oxygen atoms in total. The molecular formula is C25H22F2NNaO4. The molecule has 2 aromatic carbocycles. The predicted octanol–water partition coefficient (Wildman–Crippen LogP) is 2.89. The number of carbonyl (C=O) groups is 1. The van der Waals surface area contributed by atoms with Crippen LogP contribution in [0.1, 0.15) is 23.7 Å². The van der Waals surface area contributed by atoms with Crippen LogP contribution in [0.25, 0.3) is 22.1 Å². The summed E-state index contributed by atoms with van der Waals surface area (Å²) in [6, 6.07) is 12.4. The number of aryl methyl sites for hydroxylation is 1. The number of nitrogens with zero attached hydrogens (tertiary/aromatic N) is 1. The average molecular weight is 461 g/mol. The summed E-state index contributed by atoms with van der Waals surface area (Å²) < 4.78 is 45.2. The van der Waals surface area contributed by atoms with Crippen LogP contribution in [0.15, 0.2) is 59.3 Å². The largest absolute Gasteiger partial charge is 1.00 e. The smallest absolute Gasteiger partial charge is 0.489 e. The summed E-state index contributed by atoms with van der Waals surface area (Å²) in [6.07, 6.45) is 3.66. The number of fused-ring (bicyclic) bond motifs is 1. The number of aromatic nitrogens is 1. The Labute approximate surface area is 213 Å². The van der Waals surface area contributed by atoms with Gasteiger partial charge in [0.25, 0.3) is 6.47 Å². The summed E-state index contributed by atoms with van der Waals surface area (Å²) in [4.78, 5) is 12.8. The SMILES string of the molecule is COC=O.[CH2-]c1nccc(-c2c(F)c(COc3ccccc3CC)cc3ccoc23)c1F.[Na+]. The number of ether oxygens (including phenoxy) is 2. The van der Waals surface area contributed by atoms with E-state index in [-0.39, 0.29) is 58.6 Å². The van der Waals surface area contributed by atoms with Gasteiger partial charge in [0.1, 0.15) is 23.8 Å². The van der Waals surface area contributed by atoms with E-state index in [1.54, 1.807) is 12.1 Å². The maximum absolute atomic E-state index is 15.4. The second-order valence-corrected chi connectivity index (χ2v) is 6.76. The number of para-hydroxylation sites is 1. The van der Waals surface area contributed by atoms with Gasteiger partial charge in [-0.15, -0.1) is 0 Å². The van der Waals surface area contributed by atoms with Gasteiger partial charge in [-0.1, -0.05) is 42.4 Å². The molecule has 0 bridgehead atoms. The van der Waals surface area contributed by atoms with Gasteiger partial charge >= 0.3 is 29.6 Å². The molecule has 0 atom stereocenters. The molecule has 0 aliphatic heterocycles. The standard InChI is InChI=1S/C23H18F2NO2.C2H4O2.Na/c1-3-15-6-4-5-7-19(15)28-13-17-12-16-9-11-27-23(16)20(22(17)25)18-8-10-26-14(2)21(18)24;1-4-2-3;/h4-12H,2-3,13H2,1H3;2H,1H3;/q-1;;+1. The Morgan fingerprint density at radius 1 is 1.12 bits per heavy atom. The summed E-state index contributed by atoms with van der Waals surface area (Å²) in [7, 11) is 1.31. The van der Waals surface area contributed by atoms with Gasteiger partial charge in [0.2, 0.25) is 0 Å². The monoisotopic (exact) mass is 461 g/mol. The fourth-order valence-electron chi connectivity index (χ4n) is 3.27. The summed E-state index contributed by atoms with van der Waals surface area (Å²) >= 11 is 0. The Balaban J connectivity index is 0.000000714. The van der Waals surface area contributed by atoms with Crippen molar-refractivity contribution in [2.24, 2.45) is 0 Å². The van der Waals surface area contributed by atoms with Crippen LogP contribution in [0, 0.1) is 18.6 Å².